The zero-order valence-electron chi connectivity index (χ0n) is 10.6. The number of carboxylic acids is 1. The number of methoxy groups -OCH3 is 1. The van der Waals surface area contributed by atoms with Crippen molar-refractivity contribution >= 4 is 31.9 Å². The van der Waals surface area contributed by atoms with Crippen LogP contribution in [0.3, 0.4) is 0 Å². The van der Waals surface area contributed by atoms with E-state index in [0.717, 1.165) is 0 Å². The lowest BCUT2D eigenvalue weighted by atomic mass is 10.1. The highest BCUT2D eigenvalue weighted by atomic mass is 79.9. The maximum atomic E-state index is 12.1. The molecule has 1 aromatic carbocycles. The number of hydrogen-bond donors (Lipinski definition) is 2. The number of benzene rings is 1. The predicted octanol–water partition coefficient (Wildman–Crippen LogP) is 1.60. The lowest BCUT2D eigenvalue weighted by Gasteiger charge is -2.21. The Morgan fingerprint density at radius 2 is 2.00 bits per heavy atom. The molecule has 0 fully saturated rings. The van der Waals surface area contributed by atoms with E-state index >= 15 is 0 Å². The van der Waals surface area contributed by atoms with Crippen LogP contribution in [0.1, 0.15) is 13.8 Å². The summed E-state index contributed by atoms with van der Waals surface area (Å²) < 4.78 is 31.7. The van der Waals surface area contributed by atoms with Gasteiger partial charge in [0.15, 0.2) is 0 Å². The predicted molar refractivity (Wildman–Crippen MR) is 72.7 cm³/mol. The Morgan fingerprint density at radius 1 is 1.42 bits per heavy atom. The first-order valence-electron chi connectivity index (χ1n) is 5.21. The van der Waals surface area contributed by atoms with Crippen LogP contribution in [-0.2, 0) is 14.8 Å². The third-order valence-corrected chi connectivity index (χ3v) is 4.63. The van der Waals surface area contributed by atoms with Crippen molar-refractivity contribution in [3.8, 4) is 5.75 Å². The molecule has 0 saturated carbocycles. The van der Waals surface area contributed by atoms with Gasteiger partial charge in [0.1, 0.15) is 11.3 Å². The van der Waals surface area contributed by atoms with Crippen molar-refractivity contribution in [1.82, 2.24) is 4.72 Å². The number of hydrogen-bond acceptors (Lipinski definition) is 4. The van der Waals surface area contributed by atoms with E-state index in [9.17, 15) is 13.2 Å². The first kappa shape index (κ1) is 15.9. The van der Waals surface area contributed by atoms with Crippen LogP contribution in [0.5, 0.6) is 5.75 Å². The average molecular weight is 352 g/mol. The molecule has 8 heteroatoms. The van der Waals surface area contributed by atoms with Gasteiger partial charge in [0.05, 0.1) is 16.5 Å². The van der Waals surface area contributed by atoms with Gasteiger partial charge in [-0.05, 0) is 48.0 Å². The van der Waals surface area contributed by atoms with E-state index in [1.54, 1.807) is 0 Å². The summed E-state index contributed by atoms with van der Waals surface area (Å²) in [6.07, 6.45) is 0. The molecule has 0 saturated heterocycles. The number of ether oxygens (including phenoxy) is 1. The van der Waals surface area contributed by atoms with Crippen molar-refractivity contribution < 1.29 is 23.1 Å². The molecule has 19 heavy (non-hydrogen) atoms. The fourth-order valence-corrected chi connectivity index (χ4v) is 3.34. The summed E-state index contributed by atoms with van der Waals surface area (Å²) in [5.41, 5.74) is -1.59. The molecular formula is C11H14BrNO5S. The fraction of sp³-hybridized carbons (Fsp3) is 0.364. The van der Waals surface area contributed by atoms with E-state index in [2.05, 4.69) is 20.7 Å². The minimum Gasteiger partial charge on any atom is -0.496 e. The van der Waals surface area contributed by atoms with Gasteiger partial charge in [-0.2, -0.15) is 4.72 Å². The van der Waals surface area contributed by atoms with Gasteiger partial charge in [0.2, 0.25) is 10.0 Å². The fourth-order valence-electron chi connectivity index (χ4n) is 1.25. The lowest BCUT2D eigenvalue weighted by molar-refractivity contribution is -0.142. The topological polar surface area (TPSA) is 92.7 Å². The molecule has 0 aliphatic carbocycles. The standard InChI is InChI=1S/C11H14BrNO5S/c1-11(2,10(14)15)13-19(16,17)7-4-5-9(18-3)8(12)6-7/h4-6,13H,1-3H3,(H,14,15). The van der Waals surface area contributed by atoms with Gasteiger partial charge < -0.3 is 9.84 Å². The summed E-state index contributed by atoms with van der Waals surface area (Å²) in [4.78, 5) is 10.9. The summed E-state index contributed by atoms with van der Waals surface area (Å²) in [5, 5.41) is 8.93. The number of rotatable bonds is 5. The zero-order chi connectivity index (χ0) is 14.8. The van der Waals surface area contributed by atoms with Crippen molar-refractivity contribution in [2.24, 2.45) is 0 Å². The number of halogens is 1. The molecule has 0 bridgehead atoms. The summed E-state index contributed by atoms with van der Waals surface area (Å²) in [6.45, 7) is 2.54. The highest BCUT2D eigenvalue weighted by molar-refractivity contribution is 9.10. The van der Waals surface area contributed by atoms with Crippen molar-refractivity contribution in [2.45, 2.75) is 24.3 Å². The van der Waals surface area contributed by atoms with Crippen LogP contribution >= 0.6 is 15.9 Å². The Morgan fingerprint density at radius 3 is 2.42 bits per heavy atom. The Balaban J connectivity index is 3.15. The Hall–Kier alpha value is -1.12. The normalized spacial score (nSPS) is 12.2. The second kappa shape index (κ2) is 5.48. The third kappa shape index (κ3) is 3.68. The lowest BCUT2D eigenvalue weighted by Crippen LogP contribution is -2.49. The molecule has 2 N–H and O–H groups in total. The van der Waals surface area contributed by atoms with Crippen molar-refractivity contribution in [3.05, 3.63) is 22.7 Å². The quantitative estimate of drug-likeness (QED) is 0.840. The number of nitrogens with one attached hydrogen (secondary N) is 1. The highest BCUT2D eigenvalue weighted by Crippen LogP contribution is 2.27. The van der Waals surface area contributed by atoms with Crippen LogP contribution in [0.2, 0.25) is 0 Å². The van der Waals surface area contributed by atoms with Crippen LogP contribution in [0.4, 0.5) is 0 Å². The van der Waals surface area contributed by atoms with Gasteiger partial charge in [0, 0.05) is 0 Å². The van der Waals surface area contributed by atoms with Crippen molar-refractivity contribution in [3.63, 3.8) is 0 Å². The number of aliphatic carboxylic acids is 1. The first-order valence-corrected chi connectivity index (χ1v) is 7.48. The zero-order valence-corrected chi connectivity index (χ0v) is 13.0. The molecule has 106 valence electrons. The first-order chi connectivity index (χ1) is 8.60. The summed E-state index contributed by atoms with van der Waals surface area (Å²) in [7, 11) is -2.47. The molecule has 0 aliphatic heterocycles. The van der Waals surface area contributed by atoms with E-state index in [-0.39, 0.29) is 4.90 Å². The molecule has 6 nitrogen and oxygen atoms in total. The summed E-state index contributed by atoms with van der Waals surface area (Å²) in [6, 6.07) is 4.16. The van der Waals surface area contributed by atoms with Gasteiger partial charge in [-0.1, -0.05) is 0 Å². The number of sulfonamides is 1. The van der Waals surface area contributed by atoms with E-state index in [0.29, 0.717) is 10.2 Å². The molecular weight excluding hydrogens is 338 g/mol. The van der Waals surface area contributed by atoms with Crippen LogP contribution in [0.15, 0.2) is 27.6 Å². The van der Waals surface area contributed by atoms with Gasteiger partial charge in [-0.15, -0.1) is 0 Å². The summed E-state index contributed by atoms with van der Waals surface area (Å²) >= 11 is 3.17. The maximum Gasteiger partial charge on any atom is 0.324 e. The van der Waals surface area contributed by atoms with E-state index in [1.165, 1.54) is 39.2 Å². The molecule has 0 unspecified atom stereocenters. The molecule has 0 aliphatic rings. The van der Waals surface area contributed by atoms with E-state index < -0.39 is 21.5 Å². The molecule has 0 amide bonds. The third-order valence-electron chi connectivity index (χ3n) is 2.36. The van der Waals surface area contributed by atoms with E-state index in [4.69, 9.17) is 9.84 Å². The second-order valence-corrected chi connectivity index (χ2v) is 6.87. The van der Waals surface area contributed by atoms with E-state index in [1.807, 2.05) is 0 Å². The molecule has 0 atom stereocenters. The highest BCUT2D eigenvalue weighted by Gasteiger charge is 2.33. The monoisotopic (exact) mass is 351 g/mol. The second-order valence-electron chi connectivity index (χ2n) is 4.33. The van der Waals surface area contributed by atoms with Gasteiger partial charge in [-0.25, -0.2) is 8.42 Å². The Bertz CT molecular complexity index is 597. The van der Waals surface area contributed by atoms with Gasteiger partial charge in [0.25, 0.3) is 0 Å². The molecule has 0 heterocycles. The van der Waals surface area contributed by atoms with Crippen molar-refractivity contribution in [1.29, 1.82) is 0 Å². The minimum absolute atomic E-state index is 0.0468. The van der Waals surface area contributed by atoms with Crippen molar-refractivity contribution in [2.75, 3.05) is 7.11 Å². The number of carboxylic acid groups (broad SMARTS) is 1. The largest absolute Gasteiger partial charge is 0.496 e. The van der Waals surface area contributed by atoms with Crippen LogP contribution in [0, 0.1) is 0 Å². The van der Waals surface area contributed by atoms with Crippen LogP contribution in [-0.4, -0.2) is 32.1 Å². The number of carbonyl (C=O) groups is 1. The molecule has 1 aromatic rings. The molecule has 0 spiro atoms. The van der Waals surface area contributed by atoms with Gasteiger partial charge >= 0.3 is 5.97 Å². The molecule has 0 aromatic heterocycles. The smallest absolute Gasteiger partial charge is 0.324 e. The minimum atomic E-state index is -3.93. The maximum absolute atomic E-state index is 12.1. The van der Waals surface area contributed by atoms with Gasteiger partial charge in [-0.3, -0.25) is 4.79 Å². The Kier molecular flexibility index (Phi) is 4.59. The SMILES string of the molecule is COc1ccc(S(=O)(=O)NC(C)(C)C(=O)O)cc1Br. The summed E-state index contributed by atoms with van der Waals surface area (Å²) in [5.74, 6) is -0.778. The van der Waals surface area contributed by atoms with Crippen LogP contribution < -0.4 is 9.46 Å². The molecule has 0 radical (unpaired) electrons. The van der Waals surface area contributed by atoms with Crippen LogP contribution in [0.25, 0.3) is 0 Å². The Labute approximate surface area is 120 Å². The molecule has 1 rings (SSSR count). The average Bonchev–Trinajstić information content (AvgIpc) is 2.27.